The maximum Gasteiger partial charge on any atom is 0.292 e. The van der Waals surface area contributed by atoms with Crippen LogP contribution in [-0.4, -0.2) is 5.60 Å². The summed E-state index contributed by atoms with van der Waals surface area (Å²) in [5.41, 5.74) is 8.05. The number of halogens is 1. The summed E-state index contributed by atoms with van der Waals surface area (Å²) in [5.74, 6) is -0.723. The Balaban J connectivity index is 2.53. The number of hydrogen-bond donors (Lipinski definition) is 0. The minimum Gasteiger partial charge on any atom is -0.505 e. The first-order valence-corrected chi connectivity index (χ1v) is 7.24. The number of nitrogens with zero attached hydrogens (tertiary/aromatic N) is 6. The summed E-state index contributed by atoms with van der Waals surface area (Å²) >= 11 is 0. The van der Waals surface area contributed by atoms with Gasteiger partial charge in [-0.25, -0.2) is 19.3 Å². The van der Waals surface area contributed by atoms with Crippen LogP contribution in [0.1, 0.15) is 19.4 Å². The van der Waals surface area contributed by atoms with Crippen molar-refractivity contribution in [2.75, 3.05) is 0 Å². The maximum absolute atomic E-state index is 13.8. The van der Waals surface area contributed by atoms with Crippen molar-refractivity contribution in [3.8, 4) is 6.07 Å². The Bertz CT molecular complexity index is 1020. The number of allylic oxidation sites excluding steroid dienone is 1. The van der Waals surface area contributed by atoms with Gasteiger partial charge in [0.05, 0.1) is 24.9 Å². The molecule has 0 aromatic heterocycles. The summed E-state index contributed by atoms with van der Waals surface area (Å²) in [4.78, 5) is 9.04. The van der Waals surface area contributed by atoms with Gasteiger partial charge in [-0.2, -0.15) is 0 Å². The second-order valence-electron chi connectivity index (χ2n) is 5.62. The quantitative estimate of drug-likeness (QED) is 0.240. The molecule has 1 aliphatic heterocycles. The highest BCUT2D eigenvalue weighted by Gasteiger charge is 2.38. The molecule has 2 rings (SSSR count). The molecule has 0 fully saturated rings. The number of rotatable bonds is 3. The average molecular weight is 346 g/mol. The second kappa shape index (κ2) is 7.23. The molecule has 126 valence electrons. The zero-order chi connectivity index (χ0) is 19.3. The number of azide groups is 1. The Morgan fingerprint density at radius 3 is 2.65 bits per heavy atom. The van der Waals surface area contributed by atoms with Crippen LogP contribution in [0.3, 0.4) is 0 Å². The van der Waals surface area contributed by atoms with Crippen molar-refractivity contribution in [3.63, 3.8) is 0 Å². The maximum atomic E-state index is 13.8. The molecule has 0 amide bonds. The molecule has 1 aliphatic rings. The van der Waals surface area contributed by atoms with Crippen LogP contribution >= 0.6 is 0 Å². The van der Waals surface area contributed by atoms with E-state index in [1.54, 1.807) is 38.1 Å². The summed E-state index contributed by atoms with van der Waals surface area (Å²) in [6, 6.07) is 5.81. The molecule has 0 N–H and O–H groups in total. The lowest BCUT2D eigenvalue weighted by Crippen LogP contribution is -2.20. The minimum atomic E-state index is -0.928. The minimum absolute atomic E-state index is 0.0490. The smallest absolute Gasteiger partial charge is 0.292 e. The molecule has 0 saturated heterocycles. The van der Waals surface area contributed by atoms with Crippen LogP contribution in [0.2, 0.25) is 0 Å². The fourth-order valence-electron chi connectivity index (χ4n) is 2.38. The molecular weight excluding hydrogens is 335 g/mol. The average Bonchev–Trinajstić information content (AvgIpc) is 2.86. The first-order valence-electron chi connectivity index (χ1n) is 7.24. The van der Waals surface area contributed by atoms with E-state index in [9.17, 15) is 4.39 Å². The van der Waals surface area contributed by atoms with Crippen molar-refractivity contribution in [3.05, 3.63) is 91.7 Å². The van der Waals surface area contributed by atoms with Crippen molar-refractivity contribution in [1.29, 1.82) is 5.26 Å². The van der Waals surface area contributed by atoms with E-state index in [1.165, 1.54) is 12.1 Å². The molecule has 1 heterocycles. The molecule has 0 spiro atoms. The Kier molecular flexibility index (Phi) is 5.09. The molecular formula is C18H11FN6O. The predicted octanol–water partition coefficient (Wildman–Crippen LogP) is 5.42. The molecule has 7 nitrogen and oxygen atoms in total. The lowest BCUT2D eigenvalue weighted by atomic mass is 9.96. The van der Waals surface area contributed by atoms with Gasteiger partial charge in [0, 0.05) is 10.5 Å². The standard InChI is InChI=1S/C18H11FN6O/c1-18(2)12(16(23-4)17(26-18)15(10-20)22-3)7-5-11-6-8-14(24-25-21)13(19)9-11/h5-9H,1-2H3/b7-5+,17-15+. The van der Waals surface area contributed by atoms with Crippen LogP contribution in [0, 0.1) is 30.3 Å². The largest absolute Gasteiger partial charge is 0.505 e. The van der Waals surface area contributed by atoms with E-state index < -0.39 is 11.4 Å². The Morgan fingerprint density at radius 2 is 2.12 bits per heavy atom. The second-order valence-corrected chi connectivity index (χ2v) is 5.62. The van der Waals surface area contributed by atoms with E-state index in [2.05, 4.69) is 19.7 Å². The van der Waals surface area contributed by atoms with Gasteiger partial charge in [0.15, 0.2) is 0 Å². The number of hydrogen-bond acceptors (Lipinski definition) is 3. The summed E-state index contributed by atoms with van der Waals surface area (Å²) in [6.45, 7) is 17.8. The SMILES string of the molecule is [C-]#[N+]C1=C(/C=C/c2ccc(N=[N+]=[N-])c(F)c2)C(C)(C)O/C1=C(\C#N)[N+]#[C-]. The monoisotopic (exact) mass is 346 g/mol. The van der Waals surface area contributed by atoms with Crippen LogP contribution in [0.25, 0.3) is 26.2 Å². The van der Waals surface area contributed by atoms with Gasteiger partial charge in [0.2, 0.25) is 5.70 Å². The van der Waals surface area contributed by atoms with Crippen LogP contribution < -0.4 is 0 Å². The summed E-state index contributed by atoms with van der Waals surface area (Å²) in [6.07, 6.45) is 3.16. The topological polar surface area (TPSA) is 90.5 Å². The van der Waals surface area contributed by atoms with Gasteiger partial charge in [-0.3, -0.25) is 0 Å². The zero-order valence-corrected chi connectivity index (χ0v) is 13.9. The number of ether oxygens (including phenoxy) is 1. The normalized spacial score (nSPS) is 16.9. The third-order valence-corrected chi connectivity index (χ3v) is 3.59. The van der Waals surface area contributed by atoms with E-state index in [0.717, 1.165) is 0 Å². The van der Waals surface area contributed by atoms with Crippen molar-refractivity contribution in [2.45, 2.75) is 19.4 Å². The first-order chi connectivity index (χ1) is 12.4. The van der Waals surface area contributed by atoms with Gasteiger partial charge < -0.3 is 4.74 Å². The van der Waals surface area contributed by atoms with Crippen LogP contribution in [0.15, 0.2) is 52.1 Å². The lowest BCUT2D eigenvalue weighted by Gasteiger charge is -2.22. The molecule has 26 heavy (non-hydrogen) atoms. The molecule has 0 saturated carbocycles. The molecule has 8 heteroatoms. The predicted molar refractivity (Wildman–Crippen MR) is 92.3 cm³/mol. The van der Waals surface area contributed by atoms with E-state index in [-0.39, 0.29) is 22.8 Å². The van der Waals surface area contributed by atoms with Gasteiger partial charge in [-0.15, -0.1) is 0 Å². The van der Waals surface area contributed by atoms with E-state index in [1.807, 2.05) is 0 Å². The number of nitriles is 1. The summed E-state index contributed by atoms with van der Waals surface area (Å²) in [7, 11) is 0. The van der Waals surface area contributed by atoms with Gasteiger partial charge >= 0.3 is 0 Å². The molecule has 1 aromatic carbocycles. The highest BCUT2D eigenvalue weighted by atomic mass is 19.1. The van der Waals surface area contributed by atoms with Crippen LogP contribution in [-0.2, 0) is 4.74 Å². The molecule has 1 aromatic rings. The molecule has 0 aliphatic carbocycles. The Hall–Kier alpha value is -4.05. The Labute approximate surface area is 149 Å². The lowest BCUT2D eigenvalue weighted by molar-refractivity contribution is 0.0952. The van der Waals surface area contributed by atoms with E-state index in [4.69, 9.17) is 28.7 Å². The van der Waals surface area contributed by atoms with Gasteiger partial charge in [-0.05, 0) is 37.1 Å². The van der Waals surface area contributed by atoms with Gasteiger partial charge in [0.1, 0.15) is 17.2 Å². The Morgan fingerprint density at radius 1 is 1.38 bits per heavy atom. The highest BCUT2D eigenvalue weighted by molar-refractivity contribution is 5.62. The van der Waals surface area contributed by atoms with Crippen molar-refractivity contribution < 1.29 is 9.13 Å². The fourth-order valence-corrected chi connectivity index (χ4v) is 2.38. The molecule has 0 unspecified atom stereocenters. The third-order valence-electron chi connectivity index (χ3n) is 3.59. The van der Waals surface area contributed by atoms with Crippen molar-refractivity contribution in [2.24, 2.45) is 5.11 Å². The van der Waals surface area contributed by atoms with Gasteiger partial charge in [0.25, 0.3) is 5.70 Å². The zero-order valence-electron chi connectivity index (χ0n) is 13.9. The van der Waals surface area contributed by atoms with Crippen LogP contribution in [0.5, 0.6) is 0 Å². The molecule has 0 bridgehead atoms. The third kappa shape index (κ3) is 3.39. The fraction of sp³-hybridized carbons (Fsp3) is 0.167. The van der Waals surface area contributed by atoms with Crippen LogP contribution in [0.4, 0.5) is 10.1 Å². The molecule has 0 atom stereocenters. The molecule has 0 radical (unpaired) electrons. The first kappa shape index (κ1) is 18.3. The van der Waals surface area contributed by atoms with Crippen molar-refractivity contribution >= 4 is 11.8 Å². The van der Waals surface area contributed by atoms with Gasteiger partial charge in [-0.1, -0.05) is 23.3 Å². The summed E-state index contributed by atoms with van der Waals surface area (Å²) in [5, 5.41) is 12.3. The van der Waals surface area contributed by atoms with E-state index in [0.29, 0.717) is 11.1 Å². The summed E-state index contributed by atoms with van der Waals surface area (Å²) < 4.78 is 19.5. The number of benzene rings is 1. The van der Waals surface area contributed by atoms with Crippen molar-refractivity contribution in [1.82, 2.24) is 0 Å². The van der Waals surface area contributed by atoms with E-state index >= 15 is 0 Å². The highest BCUT2D eigenvalue weighted by Crippen LogP contribution is 2.41.